The highest BCUT2D eigenvalue weighted by Gasteiger charge is 2.24. The Kier molecular flexibility index (Phi) is 5.36. The smallest absolute Gasteiger partial charge is 0.149 e. The van der Waals surface area contributed by atoms with Gasteiger partial charge in [0.15, 0.2) is 0 Å². The second kappa shape index (κ2) is 7.53. The molecule has 0 bridgehead atoms. The third-order valence-electron chi connectivity index (χ3n) is 3.94. The van der Waals surface area contributed by atoms with Crippen molar-refractivity contribution >= 4 is 21.6 Å². The molecule has 0 spiro atoms. The highest BCUT2D eigenvalue weighted by atomic mass is 79.9. The summed E-state index contributed by atoms with van der Waals surface area (Å²) in [6.07, 6.45) is 1.60. The van der Waals surface area contributed by atoms with E-state index in [1.165, 1.54) is 29.2 Å². The van der Waals surface area contributed by atoms with Gasteiger partial charge in [0.1, 0.15) is 41.3 Å². The molecule has 3 rings (SSSR count). The molecule has 0 unspecified atom stereocenters. The number of benzene rings is 2. The van der Waals surface area contributed by atoms with Gasteiger partial charge in [-0.05, 0) is 47.1 Å². The Hall–Kier alpha value is -2.28. The van der Waals surface area contributed by atoms with Crippen molar-refractivity contribution < 1.29 is 22.3 Å². The fourth-order valence-electron chi connectivity index (χ4n) is 2.60. The third-order valence-corrected chi connectivity index (χ3v) is 4.58. The van der Waals surface area contributed by atoms with Crippen LogP contribution in [0.4, 0.5) is 23.2 Å². The first-order valence-electron chi connectivity index (χ1n) is 7.72. The highest BCUT2D eigenvalue weighted by molar-refractivity contribution is 9.11. The van der Waals surface area contributed by atoms with Crippen molar-refractivity contribution in [2.75, 3.05) is 11.4 Å². The van der Waals surface area contributed by atoms with Gasteiger partial charge in [-0.2, -0.15) is 0 Å². The van der Waals surface area contributed by atoms with Crippen molar-refractivity contribution in [1.82, 2.24) is 0 Å². The molecule has 0 N–H and O–H groups in total. The molecule has 26 heavy (non-hydrogen) atoms. The molecule has 0 atom stereocenters. The Morgan fingerprint density at radius 1 is 1.04 bits per heavy atom. The first-order chi connectivity index (χ1) is 12.4. The third kappa shape index (κ3) is 3.77. The fraction of sp³-hybridized carbons (Fsp3) is 0.158. The standard InChI is InChI=1S/C19H14BrF4NO/c1-11-7-18(26-10-12-5-6-13(21)8-17(12)24)14(20)9-25(11)19-15(22)3-2-4-16(19)23/h2-8H,9-10H2,1H3. The molecule has 7 heteroatoms. The molecular formula is C19H14BrF4NO. The van der Waals surface area contributed by atoms with Crippen LogP contribution in [0, 0.1) is 23.3 Å². The van der Waals surface area contributed by atoms with Gasteiger partial charge in [0, 0.05) is 23.4 Å². The van der Waals surface area contributed by atoms with Crippen molar-refractivity contribution in [3.05, 3.63) is 87.2 Å². The van der Waals surface area contributed by atoms with Crippen LogP contribution in [0.25, 0.3) is 0 Å². The van der Waals surface area contributed by atoms with Gasteiger partial charge in [0.2, 0.25) is 0 Å². The van der Waals surface area contributed by atoms with Gasteiger partial charge >= 0.3 is 0 Å². The van der Waals surface area contributed by atoms with E-state index in [4.69, 9.17) is 4.74 Å². The molecule has 0 radical (unpaired) electrons. The minimum Gasteiger partial charge on any atom is -0.488 e. The Labute approximate surface area is 156 Å². The highest BCUT2D eigenvalue weighted by Crippen LogP contribution is 2.33. The summed E-state index contributed by atoms with van der Waals surface area (Å²) in [5.41, 5.74) is 0.612. The summed E-state index contributed by atoms with van der Waals surface area (Å²) < 4.78 is 60.9. The molecule has 2 nitrogen and oxygen atoms in total. The maximum atomic E-state index is 14.0. The summed E-state index contributed by atoms with van der Waals surface area (Å²) in [6.45, 7) is 1.74. The normalized spacial score (nSPS) is 14.5. The molecule has 0 fully saturated rings. The predicted octanol–water partition coefficient (Wildman–Crippen LogP) is 5.79. The lowest BCUT2D eigenvalue weighted by Gasteiger charge is -2.30. The van der Waals surface area contributed by atoms with Gasteiger partial charge in [-0.25, -0.2) is 17.6 Å². The molecule has 2 aromatic rings. The van der Waals surface area contributed by atoms with Crippen LogP contribution in [0.2, 0.25) is 0 Å². The number of allylic oxidation sites excluding steroid dienone is 2. The van der Waals surface area contributed by atoms with Crippen LogP contribution in [-0.4, -0.2) is 6.54 Å². The number of hydrogen-bond acceptors (Lipinski definition) is 2. The van der Waals surface area contributed by atoms with E-state index in [9.17, 15) is 17.6 Å². The van der Waals surface area contributed by atoms with E-state index < -0.39 is 23.3 Å². The van der Waals surface area contributed by atoms with E-state index in [1.807, 2.05) is 0 Å². The molecule has 0 aromatic heterocycles. The summed E-state index contributed by atoms with van der Waals surface area (Å²) in [7, 11) is 0. The van der Waals surface area contributed by atoms with Crippen molar-refractivity contribution in [3.63, 3.8) is 0 Å². The van der Waals surface area contributed by atoms with Gasteiger partial charge in [-0.3, -0.25) is 0 Å². The number of ether oxygens (including phenoxy) is 1. The van der Waals surface area contributed by atoms with Crippen molar-refractivity contribution in [2.24, 2.45) is 0 Å². The van der Waals surface area contributed by atoms with Crippen LogP contribution in [0.5, 0.6) is 0 Å². The molecule has 0 saturated heterocycles. The Bertz CT molecular complexity index is 890. The van der Waals surface area contributed by atoms with E-state index in [0.717, 1.165) is 12.1 Å². The topological polar surface area (TPSA) is 12.5 Å². The number of anilines is 1. The molecular weight excluding hydrogens is 414 g/mol. The van der Waals surface area contributed by atoms with Gasteiger partial charge in [0.05, 0.1) is 11.0 Å². The van der Waals surface area contributed by atoms with Crippen LogP contribution < -0.4 is 4.90 Å². The van der Waals surface area contributed by atoms with Crippen molar-refractivity contribution in [1.29, 1.82) is 0 Å². The van der Waals surface area contributed by atoms with Crippen molar-refractivity contribution in [2.45, 2.75) is 13.5 Å². The maximum absolute atomic E-state index is 14.0. The van der Waals surface area contributed by atoms with Crippen LogP contribution in [0.1, 0.15) is 12.5 Å². The second-order valence-electron chi connectivity index (χ2n) is 5.74. The first-order valence-corrected chi connectivity index (χ1v) is 8.51. The zero-order valence-electron chi connectivity index (χ0n) is 13.7. The van der Waals surface area contributed by atoms with Gasteiger partial charge in [-0.15, -0.1) is 0 Å². The summed E-state index contributed by atoms with van der Waals surface area (Å²) in [6, 6.07) is 6.91. The zero-order valence-corrected chi connectivity index (χ0v) is 15.3. The number of halogens is 5. The first kappa shape index (κ1) is 18.5. The molecule has 136 valence electrons. The molecule has 1 aliphatic heterocycles. The summed E-state index contributed by atoms with van der Waals surface area (Å²) in [5, 5.41) is 0. The second-order valence-corrected chi connectivity index (χ2v) is 6.69. The minimum absolute atomic E-state index is 0.103. The molecule has 0 saturated carbocycles. The zero-order chi connectivity index (χ0) is 18.8. The van der Waals surface area contributed by atoms with Gasteiger partial charge in [-0.1, -0.05) is 6.07 Å². The molecule has 2 aromatic carbocycles. The number of para-hydroxylation sites is 1. The summed E-state index contributed by atoms with van der Waals surface area (Å²) >= 11 is 3.34. The number of rotatable bonds is 4. The number of hydrogen-bond donors (Lipinski definition) is 0. The maximum Gasteiger partial charge on any atom is 0.149 e. The van der Waals surface area contributed by atoms with Crippen LogP contribution in [0.3, 0.4) is 0 Å². The number of nitrogens with zero attached hydrogens (tertiary/aromatic N) is 1. The monoisotopic (exact) mass is 427 g/mol. The quantitative estimate of drug-likeness (QED) is 0.572. The van der Waals surface area contributed by atoms with E-state index in [-0.39, 0.29) is 24.4 Å². The van der Waals surface area contributed by atoms with Crippen LogP contribution >= 0.6 is 15.9 Å². The predicted molar refractivity (Wildman–Crippen MR) is 94.6 cm³/mol. The SMILES string of the molecule is CC1=CC(OCc2ccc(F)cc2F)=C(Br)CN1c1c(F)cccc1F. The average molecular weight is 428 g/mol. The van der Waals surface area contributed by atoms with Crippen LogP contribution in [0.15, 0.2) is 58.4 Å². The molecule has 1 heterocycles. The molecule has 1 aliphatic rings. The van der Waals surface area contributed by atoms with Gasteiger partial charge in [0.25, 0.3) is 0 Å². The Morgan fingerprint density at radius 2 is 1.73 bits per heavy atom. The molecule has 0 amide bonds. The Morgan fingerprint density at radius 3 is 2.38 bits per heavy atom. The average Bonchev–Trinajstić information content (AvgIpc) is 2.57. The Balaban J connectivity index is 1.79. The van der Waals surface area contributed by atoms with Gasteiger partial charge < -0.3 is 9.64 Å². The van der Waals surface area contributed by atoms with E-state index in [2.05, 4.69) is 15.9 Å². The lowest BCUT2D eigenvalue weighted by molar-refractivity contribution is 0.204. The van der Waals surface area contributed by atoms with E-state index in [0.29, 0.717) is 15.9 Å². The van der Waals surface area contributed by atoms with E-state index in [1.54, 1.807) is 13.0 Å². The lowest BCUT2D eigenvalue weighted by Crippen LogP contribution is -2.28. The van der Waals surface area contributed by atoms with E-state index >= 15 is 0 Å². The largest absolute Gasteiger partial charge is 0.488 e. The minimum atomic E-state index is -0.701. The lowest BCUT2D eigenvalue weighted by atomic mass is 10.2. The summed E-state index contributed by atoms with van der Waals surface area (Å²) in [5.74, 6) is -2.29. The van der Waals surface area contributed by atoms with Crippen molar-refractivity contribution in [3.8, 4) is 0 Å². The fourth-order valence-corrected chi connectivity index (χ4v) is 3.08. The summed E-state index contributed by atoms with van der Waals surface area (Å²) in [4.78, 5) is 1.47. The molecule has 0 aliphatic carbocycles. The van der Waals surface area contributed by atoms with Crippen LogP contribution in [-0.2, 0) is 11.3 Å².